The minimum atomic E-state index is -3.93. The summed E-state index contributed by atoms with van der Waals surface area (Å²) in [4.78, 5) is 29.3. The van der Waals surface area contributed by atoms with Crippen LogP contribution in [0.4, 0.5) is 5.69 Å². The Kier molecular flexibility index (Phi) is 11.5. The van der Waals surface area contributed by atoms with Crippen LogP contribution >= 0.6 is 23.2 Å². The molecule has 1 N–H and O–H groups in total. The van der Waals surface area contributed by atoms with Gasteiger partial charge in [-0.15, -0.1) is 0 Å². The van der Waals surface area contributed by atoms with E-state index in [9.17, 15) is 18.0 Å². The molecule has 8 nitrogen and oxygen atoms in total. The summed E-state index contributed by atoms with van der Waals surface area (Å²) in [5.41, 5.74) is 1.68. The van der Waals surface area contributed by atoms with Crippen LogP contribution < -0.4 is 14.4 Å². The first-order valence-corrected chi connectivity index (χ1v) is 15.7. The normalized spacial score (nSPS) is 12.7. The van der Waals surface area contributed by atoms with Crippen LogP contribution in [-0.2, 0) is 32.6 Å². The fraction of sp³-hybridized carbons (Fsp3) is 0.333. The quantitative estimate of drug-likeness (QED) is 0.279. The van der Waals surface area contributed by atoms with Crippen molar-refractivity contribution in [3.8, 4) is 5.75 Å². The van der Waals surface area contributed by atoms with E-state index in [-0.39, 0.29) is 36.4 Å². The number of amides is 2. The van der Waals surface area contributed by atoms with Crippen molar-refractivity contribution in [1.29, 1.82) is 0 Å². The summed E-state index contributed by atoms with van der Waals surface area (Å²) in [6.07, 6.45) is 1.93. The topological polar surface area (TPSA) is 96.0 Å². The maximum atomic E-state index is 14.2. The molecule has 2 unspecified atom stereocenters. The molecule has 0 heterocycles. The highest BCUT2D eigenvalue weighted by molar-refractivity contribution is 7.92. The molecular weight excluding hydrogens is 585 g/mol. The first-order chi connectivity index (χ1) is 19.4. The molecule has 11 heteroatoms. The van der Waals surface area contributed by atoms with Crippen LogP contribution in [0.5, 0.6) is 5.75 Å². The molecule has 0 aromatic heterocycles. The van der Waals surface area contributed by atoms with Crippen molar-refractivity contribution in [2.45, 2.75) is 45.3 Å². The lowest BCUT2D eigenvalue weighted by Crippen LogP contribution is -2.54. The molecule has 2 amide bonds. The lowest BCUT2D eigenvalue weighted by molar-refractivity contribution is -0.140. The Hall–Kier alpha value is -3.27. The van der Waals surface area contributed by atoms with E-state index in [0.29, 0.717) is 22.0 Å². The largest absolute Gasteiger partial charge is 0.495 e. The van der Waals surface area contributed by atoms with Crippen molar-refractivity contribution in [1.82, 2.24) is 10.2 Å². The van der Waals surface area contributed by atoms with Gasteiger partial charge in [0, 0.05) is 19.0 Å². The molecule has 0 aliphatic carbocycles. The second kappa shape index (κ2) is 14.6. The third-order valence-corrected chi connectivity index (χ3v) is 8.51. The lowest BCUT2D eigenvalue weighted by Gasteiger charge is -2.34. The monoisotopic (exact) mass is 619 g/mol. The number of halogens is 2. The molecule has 3 aromatic carbocycles. The Morgan fingerprint density at radius 3 is 2.22 bits per heavy atom. The standard InChI is InChI=1S/C30H35Cl2N3O5S/c1-5-21(2)33-30(37)27(18-22-11-7-6-8-12-22)34(19-23-15-16-24(31)25(32)17-23)29(36)20-35(41(4,38)39)26-13-9-10-14-28(26)40-3/h6-17,21,27H,5,18-20H2,1-4H3,(H,33,37). The smallest absolute Gasteiger partial charge is 0.244 e. The Morgan fingerprint density at radius 1 is 0.951 bits per heavy atom. The highest BCUT2D eigenvalue weighted by Crippen LogP contribution is 2.30. The number of carbonyl (C=O) groups excluding carboxylic acids is 2. The summed E-state index contributed by atoms with van der Waals surface area (Å²) in [6.45, 7) is 3.27. The van der Waals surface area contributed by atoms with Crippen molar-refractivity contribution in [2.24, 2.45) is 0 Å². The average Bonchev–Trinajstić information content (AvgIpc) is 2.95. The zero-order valence-corrected chi connectivity index (χ0v) is 25.8. The lowest BCUT2D eigenvalue weighted by atomic mass is 10.0. The van der Waals surface area contributed by atoms with Gasteiger partial charge in [-0.1, -0.05) is 78.7 Å². The van der Waals surface area contributed by atoms with Gasteiger partial charge in [0.25, 0.3) is 0 Å². The van der Waals surface area contributed by atoms with Gasteiger partial charge < -0.3 is 15.0 Å². The van der Waals surface area contributed by atoms with Gasteiger partial charge in [-0.25, -0.2) is 8.42 Å². The molecule has 0 bridgehead atoms. The van der Waals surface area contributed by atoms with Crippen molar-refractivity contribution in [3.05, 3.63) is 94.0 Å². The van der Waals surface area contributed by atoms with Crippen LogP contribution in [0.25, 0.3) is 0 Å². The summed E-state index contributed by atoms with van der Waals surface area (Å²) in [7, 11) is -2.50. The maximum Gasteiger partial charge on any atom is 0.244 e. The molecule has 3 rings (SSSR count). The Labute approximate surface area is 252 Å². The SMILES string of the molecule is CCC(C)NC(=O)C(Cc1ccccc1)N(Cc1ccc(Cl)c(Cl)c1)C(=O)CN(c1ccccc1OC)S(C)(=O)=O. The summed E-state index contributed by atoms with van der Waals surface area (Å²) >= 11 is 12.4. The Bertz CT molecular complexity index is 1450. The number of nitrogens with zero attached hydrogens (tertiary/aromatic N) is 2. The van der Waals surface area contributed by atoms with Crippen LogP contribution in [0.1, 0.15) is 31.4 Å². The zero-order chi connectivity index (χ0) is 30.2. The fourth-order valence-corrected chi connectivity index (χ4v) is 5.43. The third-order valence-electron chi connectivity index (χ3n) is 6.64. The second-order valence-corrected chi connectivity index (χ2v) is 12.5. The van der Waals surface area contributed by atoms with E-state index in [1.54, 1.807) is 42.5 Å². The molecule has 3 aromatic rings. The van der Waals surface area contributed by atoms with E-state index in [2.05, 4.69) is 5.32 Å². The molecular formula is C30H35Cl2N3O5S. The van der Waals surface area contributed by atoms with Gasteiger partial charge in [-0.05, 0) is 48.7 Å². The van der Waals surface area contributed by atoms with Crippen LogP contribution in [0.15, 0.2) is 72.8 Å². The van der Waals surface area contributed by atoms with Gasteiger partial charge in [0.15, 0.2) is 0 Å². The highest BCUT2D eigenvalue weighted by atomic mass is 35.5. The van der Waals surface area contributed by atoms with Gasteiger partial charge in [-0.2, -0.15) is 0 Å². The van der Waals surface area contributed by atoms with Crippen molar-refractivity contribution in [2.75, 3.05) is 24.2 Å². The minimum absolute atomic E-state index is 0.00925. The van der Waals surface area contributed by atoms with Gasteiger partial charge in [0.1, 0.15) is 18.3 Å². The van der Waals surface area contributed by atoms with Gasteiger partial charge in [0.2, 0.25) is 21.8 Å². The average molecular weight is 621 g/mol. The van der Waals surface area contributed by atoms with Crippen LogP contribution in [-0.4, -0.2) is 57.1 Å². The summed E-state index contributed by atoms with van der Waals surface area (Å²) in [5.74, 6) is -0.635. The second-order valence-electron chi connectivity index (χ2n) is 9.73. The maximum absolute atomic E-state index is 14.2. The fourth-order valence-electron chi connectivity index (χ4n) is 4.26. The Balaban J connectivity index is 2.10. The number of nitrogens with one attached hydrogen (secondary N) is 1. The van der Waals surface area contributed by atoms with E-state index in [1.165, 1.54) is 12.0 Å². The number of para-hydroxylation sites is 2. The van der Waals surface area contributed by atoms with E-state index >= 15 is 0 Å². The molecule has 0 aliphatic rings. The van der Waals surface area contributed by atoms with E-state index < -0.39 is 28.5 Å². The van der Waals surface area contributed by atoms with E-state index in [1.807, 2.05) is 44.2 Å². The predicted octanol–water partition coefficient (Wildman–Crippen LogP) is 5.32. The van der Waals surface area contributed by atoms with Gasteiger partial charge >= 0.3 is 0 Å². The molecule has 0 aliphatic heterocycles. The summed E-state index contributed by atoms with van der Waals surface area (Å²) < 4.78 is 32.3. The van der Waals surface area contributed by atoms with Gasteiger partial charge in [0.05, 0.1) is 29.1 Å². The van der Waals surface area contributed by atoms with Gasteiger partial charge in [-0.3, -0.25) is 13.9 Å². The van der Waals surface area contributed by atoms with Crippen LogP contribution in [0.3, 0.4) is 0 Å². The van der Waals surface area contributed by atoms with Crippen molar-refractivity contribution < 1.29 is 22.7 Å². The predicted molar refractivity (Wildman–Crippen MR) is 164 cm³/mol. The number of sulfonamides is 1. The van der Waals surface area contributed by atoms with E-state index in [0.717, 1.165) is 16.1 Å². The summed E-state index contributed by atoms with van der Waals surface area (Å²) in [6, 6.07) is 19.8. The molecule has 0 radical (unpaired) electrons. The van der Waals surface area contributed by atoms with Crippen LogP contribution in [0, 0.1) is 0 Å². The number of hydrogen-bond acceptors (Lipinski definition) is 5. The van der Waals surface area contributed by atoms with Crippen LogP contribution in [0.2, 0.25) is 10.0 Å². The number of rotatable bonds is 13. The molecule has 220 valence electrons. The molecule has 0 fully saturated rings. The highest BCUT2D eigenvalue weighted by Gasteiger charge is 2.34. The number of methoxy groups -OCH3 is 1. The minimum Gasteiger partial charge on any atom is -0.495 e. The molecule has 0 spiro atoms. The molecule has 0 saturated heterocycles. The zero-order valence-electron chi connectivity index (χ0n) is 23.5. The molecule has 2 atom stereocenters. The Morgan fingerprint density at radius 2 is 1.61 bits per heavy atom. The molecule has 0 saturated carbocycles. The summed E-state index contributed by atoms with van der Waals surface area (Å²) in [5, 5.41) is 3.64. The van der Waals surface area contributed by atoms with Crippen molar-refractivity contribution in [3.63, 3.8) is 0 Å². The number of hydrogen-bond donors (Lipinski definition) is 1. The van der Waals surface area contributed by atoms with E-state index in [4.69, 9.17) is 27.9 Å². The molecule has 41 heavy (non-hydrogen) atoms. The first-order valence-electron chi connectivity index (χ1n) is 13.1. The third kappa shape index (κ3) is 8.86. The number of ether oxygens (including phenoxy) is 1. The number of benzene rings is 3. The first kappa shape index (κ1) is 32.2. The number of carbonyl (C=O) groups is 2. The number of anilines is 1. The van der Waals surface area contributed by atoms with Crippen molar-refractivity contribution >= 4 is 50.7 Å².